The summed E-state index contributed by atoms with van der Waals surface area (Å²) < 4.78 is 0. The number of benzene rings is 2. The number of rotatable bonds is 3. The van der Waals surface area contributed by atoms with Crippen LogP contribution >= 0.6 is 69.6 Å². The van der Waals surface area contributed by atoms with Gasteiger partial charge in [0.25, 0.3) is 0 Å². The van der Waals surface area contributed by atoms with Gasteiger partial charge >= 0.3 is 0 Å². The summed E-state index contributed by atoms with van der Waals surface area (Å²) in [5.41, 5.74) is 3.23. The zero-order valence-corrected chi connectivity index (χ0v) is 17.9. The molecule has 0 aliphatic heterocycles. The van der Waals surface area contributed by atoms with E-state index in [1.165, 1.54) is 0 Å². The summed E-state index contributed by atoms with van der Waals surface area (Å²) in [7, 11) is 0. The summed E-state index contributed by atoms with van der Waals surface area (Å²) in [6, 6.07) is 12.4. The molecule has 0 spiro atoms. The normalized spacial score (nSPS) is 10.7. The molecule has 0 radical (unpaired) electrons. The van der Waals surface area contributed by atoms with E-state index in [9.17, 15) is 0 Å². The Morgan fingerprint density at radius 2 is 1.22 bits per heavy atom. The van der Waals surface area contributed by atoms with E-state index in [0.717, 1.165) is 5.56 Å². The van der Waals surface area contributed by atoms with E-state index in [1.54, 1.807) is 30.3 Å². The molecule has 0 aliphatic carbocycles. The third-order valence-corrected chi connectivity index (χ3v) is 6.18. The summed E-state index contributed by atoms with van der Waals surface area (Å²) >= 11 is 36.6. The lowest BCUT2D eigenvalue weighted by molar-refractivity contribution is 1.20. The highest BCUT2D eigenvalue weighted by atomic mass is 35.5. The first-order valence-electron chi connectivity index (χ1n) is 7.48. The second kappa shape index (κ2) is 8.45. The second-order valence-corrected chi connectivity index (χ2v) is 7.93. The molecule has 3 aromatic rings. The van der Waals surface area contributed by atoms with Crippen molar-refractivity contribution in [3.05, 3.63) is 72.1 Å². The fourth-order valence-electron chi connectivity index (χ4n) is 2.52. The maximum Gasteiger partial charge on any atom is 0.0778 e. The van der Waals surface area contributed by atoms with Crippen molar-refractivity contribution in [2.24, 2.45) is 0 Å². The van der Waals surface area contributed by atoms with Crippen LogP contribution in [0.5, 0.6) is 0 Å². The number of pyridine rings is 1. The molecule has 0 aliphatic rings. The molecular formula is C19H8Cl6N2. The van der Waals surface area contributed by atoms with Gasteiger partial charge in [-0.1, -0.05) is 75.7 Å². The fourth-order valence-corrected chi connectivity index (χ4v) is 3.71. The van der Waals surface area contributed by atoms with Crippen LogP contribution in [0, 0.1) is 11.3 Å². The average molecular weight is 477 g/mol. The van der Waals surface area contributed by atoms with E-state index in [1.807, 2.05) is 6.07 Å². The zero-order valence-electron chi connectivity index (χ0n) is 13.3. The van der Waals surface area contributed by atoms with Gasteiger partial charge in [-0.3, -0.25) is 0 Å². The van der Waals surface area contributed by atoms with Gasteiger partial charge in [0.2, 0.25) is 0 Å². The Hall–Kier alpha value is -1.18. The molecule has 0 bridgehead atoms. The minimum Gasteiger partial charge on any atom is -0.247 e. The predicted octanol–water partition coefficient (Wildman–Crippen LogP) is 8.40. The highest BCUT2D eigenvalue weighted by Gasteiger charge is 2.15. The Morgan fingerprint density at radius 3 is 1.70 bits per heavy atom. The van der Waals surface area contributed by atoms with Crippen molar-refractivity contribution in [1.82, 2.24) is 4.98 Å². The third kappa shape index (κ3) is 4.30. The first-order chi connectivity index (χ1) is 12.8. The molecule has 0 fully saturated rings. The summed E-state index contributed by atoms with van der Waals surface area (Å²) in [4.78, 5) is 4.68. The number of aromatic nitrogens is 1. The molecule has 0 amide bonds. The van der Waals surface area contributed by atoms with Crippen LogP contribution in [-0.4, -0.2) is 4.98 Å². The fraction of sp³-hybridized carbons (Fsp3) is 0.0526. The van der Waals surface area contributed by atoms with Crippen LogP contribution in [0.15, 0.2) is 36.4 Å². The Balaban J connectivity index is 2.22. The van der Waals surface area contributed by atoms with Gasteiger partial charge in [-0.05, 0) is 35.9 Å². The summed E-state index contributed by atoms with van der Waals surface area (Å²) in [5, 5.41) is 10.9. The minimum atomic E-state index is 0.169. The second-order valence-electron chi connectivity index (χ2n) is 5.55. The van der Waals surface area contributed by atoms with Crippen molar-refractivity contribution in [3.63, 3.8) is 0 Å². The Kier molecular flexibility index (Phi) is 6.43. The number of hydrogen-bond donors (Lipinski definition) is 0. The quantitative estimate of drug-likeness (QED) is 0.356. The third-order valence-electron chi connectivity index (χ3n) is 3.79. The molecular weight excluding hydrogens is 469 g/mol. The van der Waals surface area contributed by atoms with Crippen LogP contribution < -0.4 is 0 Å². The van der Waals surface area contributed by atoms with Crippen LogP contribution in [0.3, 0.4) is 0 Å². The first-order valence-corrected chi connectivity index (χ1v) is 9.75. The molecule has 1 heterocycles. The van der Waals surface area contributed by atoms with Gasteiger partial charge in [0, 0.05) is 11.1 Å². The Labute approximate surface area is 186 Å². The van der Waals surface area contributed by atoms with Gasteiger partial charge in [-0.15, -0.1) is 0 Å². The van der Waals surface area contributed by atoms with E-state index in [0.29, 0.717) is 42.6 Å². The van der Waals surface area contributed by atoms with Gasteiger partial charge in [-0.2, -0.15) is 5.26 Å². The summed E-state index contributed by atoms with van der Waals surface area (Å²) in [6.07, 6.45) is 0.169. The molecule has 2 aromatic carbocycles. The lowest BCUT2D eigenvalue weighted by Crippen LogP contribution is -1.96. The van der Waals surface area contributed by atoms with Gasteiger partial charge in [0.15, 0.2) is 0 Å². The van der Waals surface area contributed by atoms with E-state index >= 15 is 0 Å². The molecule has 8 heteroatoms. The van der Waals surface area contributed by atoms with E-state index in [2.05, 4.69) is 11.1 Å². The van der Waals surface area contributed by atoms with Crippen LogP contribution in [0.1, 0.15) is 5.56 Å². The Morgan fingerprint density at radius 1 is 0.741 bits per heavy atom. The standard InChI is InChI=1S/C19H8Cl6N2/c20-12-5-10(6-13(21)17(12)24)16-2-1-9(3-4-26)19(27-16)11-7-14(22)18(25)15(23)8-11/h1-2,5-8H,3H2. The lowest BCUT2D eigenvalue weighted by Gasteiger charge is -2.12. The SMILES string of the molecule is N#CCc1ccc(-c2cc(Cl)c(Cl)c(Cl)c2)nc1-c1cc(Cl)c(Cl)c(Cl)c1. The molecule has 0 unspecified atom stereocenters. The van der Waals surface area contributed by atoms with Crippen molar-refractivity contribution in [2.75, 3.05) is 0 Å². The predicted molar refractivity (Wildman–Crippen MR) is 114 cm³/mol. The largest absolute Gasteiger partial charge is 0.247 e. The summed E-state index contributed by atoms with van der Waals surface area (Å²) in [6.45, 7) is 0. The molecule has 1 aromatic heterocycles. The maximum absolute atomic E-state index is 9.13. The van der Waals surface area contributed by atoms with Crippen LogP contribution in [0.2, 0.25) is 30.1 Å². The number of hydrogen-bond acceptors (Lipinski definition) is 2. The van der Waals surface area contributed by atoms with Gasteiger partial charge in [0.05, 0.1) is 54.0 Å². The van der Waals surface area contributed by atoms with Crippen LogP contribution in [0.4, 0.5) is 0 Å². The monoisotopic (exact) mass is 474 g/mol. The Bertz CT molecular complexity index is 1040. The van der Waals surface area contributed by atoms with Crippen molar-refractivity contribution in [3.8, 4) is 28.6 Å². The number of nitriles is 1. The molecule has 27 heavy (non-hydrogen) atoms. The van der Waals surface area contributed by atoms with Crippen molar-refractivity contribution in [1.29, 1.82) is 5.26 Å². The lowest BCUT2D eigenvalue weighted by atomic mass is 10.0. The molecule has 2 nitrogen and oxygen atoms in total. The van der Waals surface area contributed by atoms with Crippen LogP contribution in [0.25, 0.3) is 22.5 Å². The van der Waals surface area contributed by atoms with E-state index in [4.69, 9.17) is 74.9 Å². The smallest absolute Gasteiger partial charge is 0.0778 e. The molecule has 0 saturated carbocycles. The van der Waals surface area contributed by atoms with Gasteiger partial charge in [-0.25, -0.2) is 4.98 Å². The van der Waals surface area contributed by atoms with Gasteiger partial charge < -0.3 is 0 Å². The van der Waals surface area contributed by atoms with Crippen molar-refractivity contribution < 1.29 is 0 Å². The molecule has 0 atom stereocenters. The minimum absolute atomic E-state index is 0.169. The highest BCUT2D eigenvalue weighted by Crippen LogP contribution is 2.38. The highest BCUT2D eigenvalue weighted by molar-refractivity contribution is 6.49. The summed E-state index contributed by atoms with van der Waals surface area (Å²) in [5.74, 6) is 0. The topological polar surface area (TPSA) is 36.7 Å². The first kappa shape index (κ1) is 20.6. The molecule has 136 valence electrons. The van der Waals surface area contributed by atoms with E-state index in [-0.39, 0.29) is 16.5 Å². The van der Waals surface area contributed by atoms with Crippen molar-refractivity contribution in [2.45, 2.75) is 6.42 Å². The van der Waals surface area contributed by atoms with Gasteiger partial charge in [0.1, 0.15) is 0 Å². The average Bonchev–Trinajstić information content (AvgIpc) is 2.64. The molecule has 3 rings (SSSR count). The van der Waals surface area contributed by atoms with Crippen LogP contribution in [-0.2, 0) is 6.42 Å². The molecule has 0 saturated heterocycles. The number of nitrogens with zero attached hydrogens (tertiary/aromatic N) is 2. The zero-order chi connectivity index (χ0) is 19.7. The molecule has 0 N–H and O–H groups in total. The maximum atomic E-state index is 9.13. The van der Waals surface area contributed by atoms with E-state index < -0.39 is 0 Å². The number of halogens is 6. The van der Waals surface area contributed by atoms with Crippen molar-refractivity contribution >= 4 is 69.6 Å².